The summed E-state index contributed by atoms with van der Waals surface area (Å²) in [6.45, 7) is 1.75. The Morgan fingerprint density at radius 2 is 1.94 bits per heavy atom. The van der Waals surface area contributed by atoms with Crippen LogP contribution in [0.1, 0.15) is 12.5 Å². The fraction of sp³-hybridized carbons (Fsp3) is 0.200. The van der Waals surface area contributed by atoms with E-state index in [-0.39, 0.29) is 12.2 Å². The summed E-state index contributed by atoms with van der Waals surface area (Å²) in [4.78, 5) is 10.9. The van der Waals surface area contributed by atoms with Gasteiger partial charge in [0.15, 0.2) is 0 Å². The Labute approximate surface area is 90.7 Å². The SMILES string of the molecule is CCOC(=O)NC(=N)c1cc(F)cc(F)c1. The van der Waals surface area contributed by atoms with Crippen LogP contribution < -0.4 is 5.32 Å². The summed E-state index contributed by atoms with van der Waals surface area (Å²) >= 11 is 0. The van der Waals surface area contributed by atoms with E-state index >= 15 is 0 Å². The molecule has 0 aromatic heterocycles. The quantitative estimate of drug-likeness (QED) is 0.601. The third-order valence-corrected chi connectivity index (χ3v) is 1.65. The van der Waals surface area contributed by atoms with Gasteiger partial charge in [-0.3, -0.25) is 10.7 Å². The molecular formula is C10H10F2N2O2. The maximum Gasteiger partial charge on any atom is 0.412 e. The summed E-state index contributed by atoms with van der Waals surface area (Å²) < 4.78 is 30.1. The fourth-order valence-electron chi connectivity index (χ4n) is 1.04. The highest BCUT2D eigenvalue weighted by molar-refractivity contribution is 6.04. The first-order chi connectivity index (χ1) is 7.52. The Morgan fingerprint density at radius 3 is 2.44 bits per heavy atom. The molecule has 2 N–H and O–H groups in total. The van der Waals surface area contributed by atoms with E-state index in [1.807, 2.05) is 5.32 Å². The van der Waals surface area contributed by atoms with Crippen LogP contribution in [0.2, 0.25) is 0 Å². The lowest BCUT2D eigenvalue weighted by Crippen LogP contribution is -2.31. The zero-order chi connectivity index (χ0) is 12.1. The molecule has 0 saturated heterocycles. The van der Waals surface area contributed by atoms with Gasteiger partial charge < -0.3 is 4.74 Å². The lowest BCUT2D eigenvalue weighted by Gasteiger charge is -2.06. The molecule has 0 spiro atoms. The molecule has 0 radical (unpaired) electrons. The molecule has 0 saturated carbocycles. The van der Waals surface area contributed by atoms with Crippen LogP contribution in [0, 0.1) is 17.0 Å². The van der Waals surface area contributed by atoms with Crippen LogP contribution in [-0.2, 0) is 4.74 Å². The molecule has 1 aromatic rings. The molecule has 16 heavy (non-hydrogen) atoms. The molecule has 6 heteroatoms. The molecule has 1 aromatic carbocycles. The molecule has 0 fully saturated rings. The van der Waals surface area contributed by atoms with Gasteiger partial charge in [0.05, 0.1) is 6.61 Å². The van der Waals surface area contributed by atoms with Gasteiger partial charge in [-0.25, -0.2) is 13.6 Å². The normalized spacial score (nSPS) is 9.69. The minimum absolute atomic E-state index is 0.0643. The van der Waals surface area contributed by atoms with Gasteiger partial charge in [0.1, 0.15) is 17.5 Å². The Bertz CT molecular complexity index is 401. The van der Waals surface area contributed by atoms with Crippen LogP contribution in [0.3, 0.4) is 0 Å². The van der Waals surface area contributed by atoms with Crippen LogP contribution in [0.5, 0.6) is 0 Å². The van der Waals surface area contributed by atoms with Crippen LogP contribution in [0.15, 0.2) is 18.2 Å². The highest BCUT2D eigenvalue weighted by Crippen LogP contribution is 2.07. The predicted octanol–water partition coefficient (Wildman–Crippen LogP) is 2.04. The van der Waals surface area contributed by atoms with Crippen molar-refractivity contribution in [3.8, 4) is 0 Å². The monoisotopic (exact) mass is 228 g/mol. The van der Waals surface area contributed by atoms with Gasteiger partial charge in [0.25, 0.3) is 0 Å². The summed E-state index contributed by atoms with van der Waals surface area (Å²) in [5.41, 5.74) is -0.0643. The molecule has 86 valence electrons. The van der Waals surface area contributed by atoms with Crippen LogP contribution in [0.4, 0.5) is 13.6 Å². The minimum Gasteiger partial charge on any atom is -0.450 e. The van der Waals surface area contributed by atoms with Crippen molar-refractivity contribution in [3.05, 3.63) is 35.4 Å². The van der Waals surface area contributed by atoms with Crippen molar-refractivity contribution < 1.29 is 18.3 Å². The third-order valence-electron chi connectivity index (χ3n) is 1.65. The number of hydrogen-bond acceptors (Lipinski definition) is 3. The summed E-state index contributed by atoms with van der Waals surface area (Å²) in [7, 11) is 0. The average Bonchev–Trinajstić information content (AvgIpc) is 2.16. The van der Waals surface area contributed by atoms with Gasteiger partial charge in [0.2, 0.25) is 0 Å². The Hall–Kier alpha value is -1.98. The molecule has 0 heterocycles. The number of amides is 1. The number of hydrogen-bond donors (Lipinski definition) is 2. The zero-order valence-corrected chi connectivity index (χ0v) is 8.51. The lowest BCUT2D eigenvalue weighted by atomic mass is 10.2. The third kappa shape index (κ3) is 3.30. The number of halogens is 2. The molecule has 1 amide bonds. The van der Waals surface area contributed by atoms with Crippen molar-refractivity contribution in [3.63, 3.8) is 0 Å². The van der Waals surface area contributed by atoms with Crippen molar-refractivity contribution in [2.45, 2.75) is 6.92 Å². The van der Waals surface area contributed by atoms with Crippen molar-refractivity contribution in [1.29, 1.82) is 5.41 Å². The van der Waals surface area contributed by atoms with E-state index in [1.165, 1.54) is 0 Å². The van der Waals surface area contributed by atoms with Gasteiger partial charge in [-0.2, -0.15) is 0 Å². The van der Waals surface area contributed by atoms with Gasteiger partial charge >= 0.3 is 6.09 Å². The number of nitrogens with one attached hydrogen (secondary N) is 2. The van der Waals surface area contributed by atoms with E-state index in [0.717, 1.165) is 12.1 Å². The highest BCUT2D eigenvalue weighted by atomic mass is 19.1. The fourth-order valence-corrected chi connectivity index (χ4v) is 1.04. The van der Waals surface area contributed by atoms with E-state index < -0.39 is 23.6 Å². The predicted molar refractivity (Wildman–Crippen MR) is 53.3 cm³/mol. The molecule has 1 rings (SSSR count). The number of benzene rings is 1. The molecule has 0 bridgehead atoms. The summed E-state index contributed by atoms with van der Waals surface area (Å²) in [6.07, 6.45) is -0.836. The van der Waals surface area contributed by atoms with Crippen LogP contribution in [0.25, 0.3) is 0 Å². The van der Waals surface area contributed by atoms with E-state index in [4.69, 9.17) is 5.41 Å². The first-order valence-corrected chi connectivity index (χ1v) is 4.51. The Morgan fingerprint density at radius 1 is 1.38 bits per heavy atom. The Balaban J connectivity index is 2.76. The zero-order valence-electron chi connectivity index (χ0n) is 8.51. The maximum atomic E-state index is 12.8. The number of alkyl carbamates (subject to hydrolysis) is 1. The molecule has 0 aliphatic rings. The molecule has 0 atom stereocenters. The number of amidine groups is 1. The highest BCUT2D eigenvalue weighted by Gasteiger charge is 2.09. The number of carbonyl (C=O) groups is 1. The van der Waals surface area contributed by atoms with E-state index in [2.05, 4.69) is 4.74 Å². The number of carbonyl (C=O) groups excluding carboxylic acids is 1. The second-order valence-corrected chi connectivity index (χ2v) is 2.88. The summed E-state index contributed by atoms with van der Waals surface area (Å²) in [5, 5.41) is 9.43. The first-order valence-electron chi connectivity index (χ1n) is 4.51. The smallest absolute Gasteiger partial charge is 0.412 e. The van der Waals surface area contributed by atoms with Crippen LogP contribution >= 0.6 is 0 Å². The maximum absolute atomic E-state index is 12.8. The van der Waals surface area contributed by atoms with Gasteiger partial charge in [-0.1, -0.05) is 0 Å². The first kappa shape index (κ1) is 12.1. The topological polar surface area (TPSA) is 62.2 Å². The minimum atomic E-state index is -0.836. The van der Waals surface area contributed by atoms with Crippen LogP contribution in [-0.4, -0.2) is 18.5 Å². The standard InChI is InChI=1S/C10H10F2N2O2/c1-2-16-10(15)14-9(13)6-3-7(11)5-8(12)4-6/h3-5H,2H2,1H3,(H2,13,14,15). The van der Waals surface area contributed by atoms with Crippen molar-refractivity contribution in [2.24, 2.45) is 0 Å². The van der Waals surface area contributed by atoms with E-state index in [0.29, 0.717) is 6.07 Å². The van der Waals surface area contributed by atoms with E-state index in [9.17, 15) is 13.6 Å². The number of rotatable bonds is 2. The lowest BCUT2D eigenvalue weighted by molar-refractivity contribution is 0.158. The Kier molecular flexibility index (Phi) is 3.93. The van der Waals surface area contributed by atoms with Crippen molar-refractivity contribution >= 4 is 11.9 Å². The summed E-state index contributed by atoms with van der Waals surface area (Å²) in [5.74, 6) is -2.05. The average molecular weight is 228 g/mol. The van der Waals surface area contributed by atoms with Gasteiger partial charge in [-0.05, 0) is 19.1 Å². The molecule has 0 aliphatic heterocycles. The van der Waals surface area contributed by atoms with E-state index in [1.54, 1.807) is 6.92 Å². The van der Waals surface area contributed by atoms with Crippen molar-refractivity contribution in [1.82, 2.24) is 5.32 Å². The van der Waals surface area contributed by atoms with Gasteiger partial charge in [-0.15, -0.1) is 0 Å². The molecule has 0 unspecified atom stereocenters. The second-order valence-electron chi connectivity index (χ2n) is 2.88. The van der Waals surface area contributed by atoms with Gasteiger partial charge in [0, 0.05) is 11.6 Å². The number of ether oxygens (including phenoxy) is 1. The van der Waals surface area contributed by atoms with Crippen molar-refractivity contribution in [2.75, 3.05) is 6.61 Å². The molecule has 0 aliphatic carbocycles. The second kappa shape index (κ2) is 5.20. The molecular weight excluding hydrogens is 218 g/mol. The largest absolute Gasteiger partial charge is 0.450 e. The molecule has 4 nitrogen and oxygen atoms in total. The summed E-state index contributed by atoms with van der Waals surface area (Å²) in [6, 6.07) is 2.57.